The predicted molar refractivity (Wildman–Crippen MR) is 82.0 cm³/mol. The highest BCUT2D eigenvalue weighted by atomic mass is 35.5. The molecule has 0 amide bonds. The molecular weight excluding hydrogens is 319 g/mol. The van der Waals surface area contributed by atoms with E-state index in [0.717, 1.165) is 19.3 Å². The molecule has 0 spiro atoms. The number of hydrogen-bond acceptors (Lipinski definition) is 3. The molecule has 112 valence electrons. The van der Waals surface area contributed by atoms with Crippen LogP contribution in [-0.2, 0) is 15.6 Å². The lowest BCUT2D eigenvalue weighted by Gasteiger charge is -2.31. The van der Waals surface area contributed by atoms with Gasteiger partial charge < -0.3 is 5.11 Å². The summed E-state index contributed by atoms with van der Waals surface area (Å²) in [5, 5.41) is 11.2. The van der Waals surface area contributed by atoms with Gasteiger partial charge >= 0.3 is 0 Å². The lowest BCUT2D eigenvalue weighted by Crippen LogP contribution is -2.39. The molecule has 0 bridgehead atoms. The summed E-state index contributed by atoms with van der Waals surface area (Å²) in [5.74, 6) is -0.391. The van der Waals surface area contributed by atoms with Crippen LogP contribution < -0.4 is 0 Å². The van der Waals surface area contributed by atoms with Crippen LogP contribution in [0.3, 0.4) is 0 Å². The number of aliphatic hydroxyl groups is 1. The van der Waals surface area contributed by atoms with Gasteiger partial charge in [0.15, 0.2) is 9.84 Å². The van der Waals surface area contributed by atoms with E-state index in [1.54, 1.807) is 18.2 Å². The Bertz CT molecular complexity index is 578. The first kappa shape index (κ1) is 16.1. The van der Waals surface area contributed by atoms with Crippen molar-refractivity contribution in [2.24, 2.45) is 0 Å². The zero-order valence-electron chi connectivity index (χ0n) is 11.1. The molecule has 1 fully saturated rings. The van der Waals surface area contributed by atoms with E-state index in [2.05, 4.69) is 0 Å². The van der Waals surface area contributed by atoms with Crippen LogP contribution in [0, 0.1) is 0 Å². The van der Waals surface area contributed by atoms with Gasteiger partial charge in [-0.3, -0.25) is 0 Å². The fourth-order valence-electron chi connectivity index (χ4n) is 2.71. The van der Waals surface area contributed by atoms with E-state index >= 15 is 0 Å². The average Bonchev–Trinajstić information content (AvgIpc) is 2.33. The van der Waals surface area contributed by atoms with Gasteiger partial charge in [-0.2, -0.15) is 0 Å². The Morgan fingerprint density at radius 3 is 2.45 bits per heavy atom. The summed E-state index contributed by atoms with van der Waals surface area (Å²) in [6.07, 6.45) is 3.92. The van der Waals surface area contributed by atoms with Gasteiger partial charge in [0.25, 0.3) is 0 Å². The van der Waals surface area contributed by atoms with Crippen LogP contribution in [0.15, 0.2) is 18.2 Å². The normalized spacial score (nSPS) is 18.9. The van der Waals surface area contributed by atoms with Crippen LogP contribution in [-0.4, -0.2) is 24.9 Å². The summed E-state index contributed by atoms with van der Waals surface area (Å²) in [6, 6.07) is 4.77. The first-order chi connectivity index (χ1) is 9.30. The van der Waals surface area contributed by atoms with E-state index in [0.29, 0.717) is 28.5 Å². The summed E-state index contributed by atoms with van der Waals surface area (Å²) >= 11 is 11.9. The molecule has 6 heteroatoms. The first-order valence-corrected chi connectivity index (χ1v) is 9.24. The van der Waals surface area contributed by atoms with Crippen molar-refractivity contribution < 1.29 is 13.5 Å². The minimum atomic E-state index is -3.43. The lowest BCUT2D eigenvalue weighted by atomic mass is 9.86. The second kappa shape index (κ2) is 6.22. The molecule has 2 rings (SSSR count). The van der Waals surface area contributed by atoms with Crippen LogP contribution in [0.4, 0.5) is 0 Å². The number of benzene rings is 1. The van der Waals surface area contributed by atoms with Crippen LogP contribution in [0.1, 0.15) is 37.7 Å². The van der Waals surface area contributed by atoms with Crippen molar-refractivity contribution in [1.82, 2.24) is 0 Å². The Morgan fingerprint density at radius 2 is 1.80 bits per heavy atom. The van der Waals surface area contributed by atoms with Crippen LogP contribution >= 0.6 is 23.2 Å². The molecule has 0 aromatic heterocycles. The fraction of sp³-hybridized carbons (Fsp3) is 0.571. The smallest absolute Gasteiger partial charge is 0.157 e. The van der Waals surface area contributed by atoms with Crippen molar-refractivity contribution in [1.29, 1.82) is 0 Å². The molecule has 1 aliphatic rings. The van der Waals surface area contributed by atoms with E-state index in [1.165, 1.54) is 0 Å². The summed E-state index contributed by atoms with van der Waals surface area (Å²) in [7, 11) is -3.43. The van der Waals surface area contributed by atoms with E-state index in [9.17, 15) is 13.5 Å². The summed E-state index contributed by atoms with van der Waals surface area (Å²) < 4.78 is 24.6. The summed E-state index contributed by atoms with van der Waals surface area (Å²) in [5.41, 5.74) is -0.596. The first-order valence-electron chi connectivity index (χ1n) is 6.66. The van der Waals surface area contributed by atoms with Crippen molar-refractivity contribution in [2.75, 3.05) is 5.75 Å². The Balaban J connectivity index is 2.12. The number of rotatable bonds is 4. The van der Waals surface area contributed by atoms with Gasteiger partial charge in [0.2, 0.25) is 0 Å². The molecule has 0 saturated heterocycles. The van der Waals surface area contributed by atoms with Gasteiger partial charge in [-0.05, 0) is 36.6 Å². The maximum absolute atomic E-state index is 12.3. The minimum absolute atomic E-state index is 0.186. The highest BCUT2D eigenvalue weighted by Gasteiger charge is 2.34. The zero-order chi connectivity index (χ0) is 14.8. The highest BCUT2D eigenvalue weighted by molar-refractivity contribution is 7.90. The number of halogens is 2. The molecule has 20 heavy (non-hydrogen) atoms. The molecule has 1 saturated carbocycles. The van der Waals surface area contributed by atoms with E-state index in [4.69, 9.17) is 23.2 Å². The third kappa shape index (κ3) is 4.35. The summed E-state index contributed by atoms with van der Waals surface area (Å²) in [6.45, 7) is 0. The largest absolute Gasteiger partial charge is 0.389 e. The fourth-order valence-corrected chi connectivity index (χ4v) is 5.09. The van der Waals surface area contributed by atoms with Crippen molar-refractivity contribution in [2.45, 2.75) is 43.5 Å². The number of hydrogen-bond donors (Lipinski definition) is 1. The van der Waals surface area contributed by atoms with Crippen molar-refractivity contribution in [3.8, 4) is 0 Å². The molecule has 0 aliphatic heterocycles. The van der Waals surface area contributed by atoms with Gasteiger partial charge in [-0.1, -0.05) is 42.5 Å². The summed E-state index contributed by atoms with van der Waals surface area (Å²) in [4.78, 5) is 0. The Hall–Kier alpha value is -0.290. The standard InChI is InChI=1S/C14H18Cl2O3S/c15-12-4-5-13(16)11(8-12)9-20(18,19)10-14(17)6-2-1-3-7-14/h4-5,8,17H,1-3,6-7,9-10H2. The SMILES string of the molecule is O=S(=O)(Cc1cc(Cl)ccc1Cl)CC1(O)CCCCC1. The topological polar surface area (TPSA) is 54.4 Å². The average molecular weight is 337 g/mol. The Kier molecular flexibility index (Phi) is 5.00. The Labute approximate surface area is 129 Å². The molecule has 0 heterocycles. The van der Waals surface area contributed by atoms with Crippen LogP contribution in [0.5, 0.6) is 0 Å². The highest BCUT2D eigenvalue weighted by Crippen LogP contribution is 2.31. The maximum atomic E-state index is 12.3. The monoisotopic (exact) mass is 336 g/mol. The number of sulfone groups is 1. The van der Waals surface area contributed by atoms with Crippen molar-refractivity contribution in [3.63, 3.8) is 0 Å². The van der Waals surface area contributed by atoms with Gasteiger partial charge in [0, 0.05) is 10.0 Å². The van der Waals surface area contributed by atoms with Crippen molar-refractivity contribution >= 4 is 33.0 Å². The van der Waals surface area contributed by atoms with Gasteiger partial charge in [-0.25, -0.2) is 8.42 Å². The molecular formula is C14H18Cl2O3S. The predicted octanol–water partition coefficient (Wildman–Crippen LogP) is 3.60. The zero-order valence-corrected chi connectivity index (χ0v) is 13.4. The van der Waals surface area contributed by atoms with Gasteiger partial charge in [-0.15, -0.1) is 0 Å². The molecule has 0 unspecified atom stereocenters. The molecule has 0 atom stereocenters. The van der Waals surface area contributed by atoms with Crippen LogP contribution in [0.25, 0.3) is 0 Å². The van der Waals surface area contributed by atoms with E-state index in [1.807, 2.05) is 0 Å². The molecule has 1 aliphatic carbocycles. The maximum Gasteiger partial charge on any atom is 0.157 e. The quantitative estimate of drug-likeness (QED) is 0.913. The molecule has 0 radical (unpaired) electrons. The van der Waals surface area contributed by atoms with Gasteiger partial charge in [0.1, 0.15) is 0 Å². The Morgan fingerprint density at radius 1 is 1.15 bits per heavy atom. The van der Waals surface area contributed by atoms with E-state index < -0.39 is 15.4 Å². The van der Waals surface area contributed by atoms with Gasteiger partial charge in [0.05, 0.1) is 17.1 Å². The second-order valence-electron chi connectivity index (χ2n) is 5.55. The van der Waals surface area contributed by atoms with E-state index in [-0.39, 0.29) is 11.5 Å². The molecule has 1 aromatic rings. The third-order valence-corrected chi connectivity index (χ3v) is 5.99. The lowest BCUT2D eigenvalue weighted by molar-refractivity contribution is 0.0257. The minimum Gasteiger partial charge on any atom is -0.389 e. The second-order valence-corrected chi connectivity index (χ2v) is 8.46. The molecule has 3 nitrogen and oxygen atoms in total. The van der Waals surface area contributed by atoms with Crippen LogP contribution in [0.2, 0.25) is 10.0 Å². The molecule has 1 N–H and O–H groups in total. The van der Waals surface area contributed by atoms with Crippen molar-refractivity contribution in [3.05, 3.63) is 33.8 Å². The molecule has 1 aromatic carbocycles. The third-order valence-electron chi connectivity index (χ3n) is 3.66.